The molecule has 0 saturated heterocycles. The Balaban J connectivity index is 1.85. The predicted molar refractivity (Wildman–Crippen MR) is 84.8 cm³/mol. The van der Waals surface area contributed by atoms with E-state index in [0.717, 1.165) is 15.8 Å². The van der Waals surface area contributed by atoms with Crippen molar-refractivity contribution < 1.29 is 14.4 Å². The number of carbonyl (C=O) groups excluding carboxylic acids is 1. The third-order valence-electron chi connectivity index (χ3n) is 2.54. The highest BCUT2D eigenvalue weighted by molar-refractivity contribution is 9.10. The minimum absolute atomic E-state index is 0.628. The van der Waals surface area contributed by atoms with E-state index in [9.17, 15) is 4.79 Å². The SMILES string of the molecule is COc1ccc(/C=N/OC(=O)Nc2ccc(Br)cc2)cc1. The molecule has 21 heavy (non-hydrogen) atoms. The van der Waals surface area contributed by atoms with Crippen LogP contribution in [0.2, 0.25) is 0 Å². The summed E-state index contributed by atoms with van der Waals surface area (Å²) in [4.78, 5) is 16.2. The van der Waals surface area contributed by atoms with Crippen molar-refractivity contribution >= 4 is 33.9 Å². The van der Waals surface area contributed by atoms with Crippen molar-refractivity contribution in [1.82, 2.24) is 0 Å². The third kappa shape index (κ3) is 4.92. The van der Waals surface area contributed by atoms with Crippen molar-refractivity contribution in [3.8, 4) is 5.75 Å². The van der Waals surface area contributed by atoms with Crippen LogP contribution in [0, 0.1) is 0 Å². The number of methoxy groups -OCH3 is 1. The molecule has 0 aliphatic heterocycles. The van der Waals surface area contributed by atoms with Crippen LogP contribution in [0.5, 0.6) is 5.75 Å². The number of oxime groups is 1. The van der Waals surface area contributed by atoms with Gasteiger partial charge in [0.1, 0.15) is 5.75 Å². The number of hydrogen-bond donors (Lipinski definition) is 1. The van der Waals surface area contributed by atoms with Gasteiger partial charge in [0.2, 0.25) is 0 Å². The fourth-order valence-electron chi connectivity index (χ4n) is 1.50. The van der Waals surface area contributed by atoms with Gasteiger partial charge in [0.15, 0.2) is 0 Å². The number of benzene rings is 2. The summed E-state index contributed by atoms with van der Waals surface area (Å²) in [5, 5.41) is 6.18. The van der Waals surface area contributed by atoms with Crippen molar-refractivity contribution in [2.24, 2.45) is 5.16 Å². The summed E-state index contributed by atoms with van der Waals surface area (Å²) in [6, 6.07) is 14.3. The first-order valence-electron chi connectivity index (χ1n) is 6.08. The number of nitrogens with one attached hydrogen (secondary N) is 1. The summed E-state index contributed by atoms with van der Waals surface area (Å²) >= 11 is 3.31. The van der Waals surface area contributed by atoms with Gasteiger partial charge in [-0.1, -0.05) is 21.1 Å². The predicted octanol–water partition coefficient (Wildman–Crippen LogP) is 4.04. The van der Waals surface area contributed by atoms with E-state index < -0.39 is 6.09 Å². The molecule has 0 aromatic heterocycles. The lowest BCUT2D eigenvalue weighted by atomic mass is 10.2. The average Bonchev–Trinajstić information content (AvgIpc) is 2.50. The highest BCUT2D eigenvalue weighted by Gasteiger charge is 2.02. The maximum atomic E-state index is 11.5. The number of rotatable bonds is 4. The van der Waals surface area contributed by atoms with Gasteiger partial charge in [-0.3, -0.25) is 10.2 Å². The molecule has 2 aromatic carbocycles. The third-order valence-corrected chi connectivity index (χ3v) is 3.07. The topological polar surface area (TPSA) is 59.9 Å². The molecular weight excluding hydrogens is 336 g/mol. The Labute approximate surface area is 130 Å². The number of amides is 1. The van der Waals surface area contributed by atoms with Gasteiger partial charge in [-0.05, 0) is 54.1 Å². The molecule has 6 heteroatoms. The maximum Gasteiger partial charge on any atom is 0.437 e. The summed E-state index contributed by atoms with van der Waals surface area (Å²) in [7, 11) is 1.60. The molecule has 2 aromatic rings. The lowest BCUT2D eigenvalue weighted by molar-refractivity contribution is 0.167. The number of carbonyl (C=O) groups is 1. The molecule has 0 unspecified atom stereocenters. The van der Waals surface area contributed by atoms with Gasteiger partial charge in [0.25, 0.3) is 0 Å². The van der Waals surface area contributed by atoms with Crippen molar-refractivity contribution in [3.63, 3.8) is 0 Å². The fraction of sp³-hybridized carbons (Fsp3) is 0.0667. The Morgan fingerprint density at radius 1 is 1.14 bits per heavy atom. The van der Waals surface area contributed by atoms with Gasteiger partial charge in [-0.15, -0.1) is 0 Å². The van der Waals surface area contributed by atoms with Crippen molar-refractivity contribution in [2.45, 2.75) is 0 Å². The zero-order chi connectivity index (χ0) is 15.1. The van der Waals surface area contributed by atoms with Gasteiger partial charge in [-0.2, -0.15) is 0 Å². The Morgan fingerprint density at radius 2 is 1.81 bits per heavy atom. The van der Waals surface area contributed by atoms with E-state index in [0.29, 0.717) is 5.69 Å². The number of hydrogen-bond acceptors (Lipinski definition) is 4. The minimum atomic E-state index is -0.651. The zero-order valence-corrected chi connectivity index (χ0v) is 12.8. The molecule has 0 atom stereocenters. The highest BCUT2D eigenvalue weighted by Crippen LogP contribution is 2.14. The van der Waals surface area contributed by atoms with Crippen molar-refractivity contribution in [3.05, 3.63) is 58.6 Å². The van der Waals surface area contributed by atoms with Crippen molar-refractivity contribution in [1.29, 1.82) is 0 Å². The second-order valence-corrected chi connectivity index (χ2v) is 4.93. The van der Waals surface area contributed by atoms with E-state index in [4.69, 9.17) is 9.57 Å². The van der Waals surface area contributed by atoms with Gasteiger partial charge in [-0.25, -0.2) is 4.79 Å². The summed E-state index contributed by atoms with van der Waals surface area (Å²) in [6.07, 6.45) is 0.794. The molecule has 0 spiro atoms. The summed E-state index contributed by atoms with van der Waals surface area (Å²) in [5.41, 5.74) is 1.43. The summed E-state index contributed by atoms with van der Waals surface area (Å²) < 4.78 is 5.97. The van der Waals surface area contributed by atoms with Crippen LogP contribution in [0.4, 0.5) is 10.5 Å². The molecular formula is C15H13BrN2O3. The van der Waals surface area contributed by atoms with E-state index in [-0.39, 0.29) is 0 Å². The molecule has 1 amide bonds. The van der Waals surface area contributed by atoms with Gasteiger partial charge < -0.3 is 4.74 Å². The molecule has 5 nitrogen and oxygen atoms in total. The first-order chi connectivity index (χ1) is 10.2. The average molecular weight is 349 g/mol. The molecule has 1 N–H and O–H groups in total. The van der Waals surface area contributed by atoms with Crippen LogP contribution in [0.3, 0.4) is 0 Å². The Hall–Kier alpha value is -2.34. The van der Waals surface area contributed by atoms with E-state index >= 15 is 0 Å². The molecule has 108 valence electrons. The van der Waals surface area contributed by atoms with E-state index in [1.54, 1.807) is 43.5 Å². The van der Waals surface area contributed by atoms with E-state index in [1.165, 1.54) is 6.21 Å². The van der Waals surface area contributed by atoms with Crippen molar-refractivity contribution in [2.75, 3.05) is 12.4 Å². The number of anilines is 1. The number of ether oxygens (including phenoxy) is 1. The molecule has 0 bridgehead atoms. The van der Waals surface area contributed by atoms with Gasteiger partial charge in [0, 0.05) is 10.2 Å². The van der Waals surface area contributed by atoms with Crippen LogP contribution in [0.1, 0.15) is 5.56 Å². The summed E-state index contributed by atoms with van der Waals surface area (Å²) in [6.45, 7) is 0. The lowest BCUT2D eigenvalue weighted by Crippen LogP contribution is -2.10. The molecule has 0 saturated carbocycles. The first-order valence-corrected chi connectivity index (χ1v) is 6.87. The summed E-state index contributed by atoms with van der Waals surface area (Å²) in [5.74, 6) is 0.751. The molecule has 0 fully saturated rings. The van der Waals surface area contributed by atoms with Crippen LogP contribution in [0.25, 0.3) is 0 Å². The van der Waals surface area contributed by atoms with Crippen LogP contribution in [0.15, 0.2) is 58.2 Å². The standard InChI is InChI=1S/C15H13BrN2O3/c1-20-14-8-2-11(3-9-14)10-17-21-15(19)18-13-6-4-12(16)5-7-13/h2-10H,1H3,(H,18,19)/b17-10+. The van der Waals surface area contributed by atoms with Gasteiger partial charge >= 0.3 is 6.09 Å². The molecule has 0 aliphatic rings. The van der Waals surface area contributed by atoms with Gasteiger partial charge in [0.05, 0.1) is 13.3 Å². The largest absolute Gasteiger partial charge is 0.497 e. The molecule has 0 heterocycles. The Morgan fingerprint density at radius 3 is 2.43 bits per heavy atom. The van der Waals surface area contributed by atoms with Crippen LogP contribution in [-0.4, -0.2) is 19.4 Å². The number of halogens is 1. The monoisotopic (exact) mass is 348 g/mol. The van der Waals surface area contributed by atoms with E-state index in [2.05, 4.69) is 26.4 Å². The normalized spacial score (nSPS) is 10.4. The Kier molecular flexibility index (Phi) is 5.34. The fourth-order valence-corrected chi connectivity index (χ4v) is 1.76. The second kappa shape index (κ2) is 7.44. The Bertz CT molecular complexity index is 624. The van der Waals surface area contributed by atoms with Crippen LogP contribution < -0.4 is 10.1 Å². The maximum absolute atomic E-state index is 11.5. The quantitative estimate of drug-likeness (QED) is 0.515. The van der Waals surface area contributed by atoms with Crippen LogP contribution >= 0.6 is 15.9 Å². The lowest BCUT2D eigenvalue weighted by Gasteiger charge is -2.02. The molecule has 2 rings (SSSR count). The zero-order valence-electron chi connectivity index (χ0n) is 11.2. The molecule has 0 aliphatic carbocycles. The minimum Gasteiger partial charge on any atom is -0.497 e. The van der Waals surface area contributed by atoms with Crippen LogP contribution in [-0.2, 0) is 4.84 Å². The number of nitrogens with zero attached hydrogens (tertiary/aromatic N) is 1. The smallest absolute Gasteiger partial charge is 0.437 e. The highest BCUT2D eigenvalue weighted by atomic mass is 79.9. The first kappa shape index (κ1) is 15.1. The molecule has 0 radical (unpaired) electrons. The van der Waals surface area contributed by atoms with E-state index in [1.807, 2.05) is 12.1 Å². The second-order valence-electron chi connectivity index (χ2n) is 4.02.